The summed E-state index contributed by atoms with van der Waals surface area (Å²) in [6, 6.07) is 7.07. The molecule has 17 heavy (non-hydrogen) atoms. The second kappa shape index (κ2) is 4.33. The van der Waals surface area contributed by atoms with Gasteiger partial charge in [-0.25, -0.2) is 4.79 Å². The van der Waals surface area contributed by atoms with Gasteiger partial charge in [0.25, 0.3) is 0 Å². The number of rotatable bonds is 2. The second-order valence-corrected chi connectivity index (χ2v) is 3.68. The van der Waals surface area contributed by atoms with E-state index >= 15 is 0 Å². The van der Waals surface area contributed by atoms with Gasteiger partial charge in [0.1, 0.15) is 0 Å². The molecule has 1 heterocycles. The van der Waals surface area contributed by atoms with E-state index in [1.807, 2.05) is 12.1 Å². The van der Waals surface area contributed by atoms with Crippen LogP contribution in [0.25, 0.3) is 16.3 Å². The van der Waals surface area contributed by atoms with E-state index in [0.29, 0.717) is 5.56 Å². The zero-order chi connectivity index (χ0) is 12.4. The number of aromatic nitrogens is 1. The van der Waals surface area contributed by atoms with Crippen LogP contribution in [0.1, 0.15) is 12.5 Å². The molecule has 0 aliphatic heterocycles. The fourth-order valence-corrected chi connectivity index (χ4v) is 1.61. The Morgan fingerprint density at radius 2 is 2.06 bits per heavy atom. The summed E-state index contributed by atoms with van der Waals surface area (Å²) in [6.07, 6.45) is 3.33. The molecule has 2 aromatic rings. The van der Waals surface area contributed by atoms with Crippen molar-refractivity contribution in [3.63, 3.8) is 0 Å². The molecule has 1 aromatic heterocycles. The number of carboxylic acid groups (broad SMARTS) is 1. The van der Waals surface area contributed by atoms with Gasteiger partial charge in [-0.1, -0.05) is 12.1 Å². The SMILES string of the molecule is CC(=C(F)C(=O)O)c1ccc2ccncc2c1. The largest absolute Gasteiger partial charge is 0.476 e. The molecule has 0 aliphatic carbocycles. The van der Waals surface area contributed by atoms with Crippen LogP contribution in [-0.2, 0) is 4.79 Å². The van der Waals surface area contributed by atoms with Crippen molar-refractivity contribution in [1.29, 1.82) is 0 Å². The molecule has 0 fully saturated rings. The molecular weight excluding hydrogens is 221 g/mol. The van der Waals surface area contributed by atoms with Crippen molar-refractivity contribution in [1.82, 2.24) is 4.98 Å². The topological polar surface area (TPSA) is 50.2 Å². The monoisotopic (exact) mass is 231 g/mol. The number of fused-ring (bicyclic) bond motifs is 1. The van der Waals surface area contributed by atoms with Crippen LogP contribution in [0.3, 0.4) is 0 Å². The maximum atomic E-state index is 13.3. The number of carbonyl (C=O) groups is 1. The summed E-state index contributed by atoms with van der Waals surface area (Å²) in [5.41, 5.74) is 0.661. The van der Waals surface area contributed by atoms with E-state index in [-0.39, 0.29) is 5.57 Å². The molecule has 0 atom stereocenters. The van der Waals surface area contributed by atoms with E-state index < -0.39 is 11.8 Å². The Balaban J connectivity index is 2.57. The molecule has 0 radical (unpaired) electrons. The molecule has 0 bridgehead atoms. The van der Waals surface area contributed by atoms with E-state index in [0.717, 1.165) is 10.8 Å². The van der Waals surface area contributed by atoms with E-state index in [4.69, 9.17) is 5.11 Å². The molecule has 0 saturated heterocycles. The number of allylic oxidation sites excluding steroid dienone is 1. The predicted octanol–water partition coefficient (Wildman–Crippen LogP) is 3.02. The number of carboxylic acids is 1. The van der Waals surface area contributed by atoms with Gasteiger partial charge in [0, 0.05) is 17.8 Å². The van der Waals surface area contributed by atoms with Crippen LogP contribution in [0.4, 0.5) is 4.39 Å². The van der Waals surface area contributed by atoms with Crippen LogP contribution in [-0.4, -0.2) is 16.1 Å². The van der Waals surface area contributed by atoms with E-state index in [2.05, 4.69) is 4.98 Å². The van der Waals surface area contributed by atoms with Crippen molar-refractivity contribution in [3.05, 3.63) is 48.0 Å². The molecule has 4 heteroatoms. The van der Waals surface area contributed by atoms with Crippen LogP contribution in [0.15, 0.2) is 42.5 Å². The number of pyridine rings is 1. The molecule has 0 saturated carbocycles. The van der Waals surface area contributed by atoms with Gasteiger partial charge in [-0.2, -0.15) is 4.39 Å². The van der Waals surface area contributed by atoms with Gasteiger partial charge in [-0.05, 0) is 35.6 Å². The molecule has 86 valence electrons. The Labute approximate surface area is 97.2 Å². The van der Waals surface area contributed by atoms with Crippen molar-refractivity contribution in [2.24, 2.45) is 0 Å². The van der Waals surface area contributed by atoms with Gasteiger partial charge >= 0.3 is 5.97 Å². The lowest BCUT2D eigenvalue weighted by molar-refractivity contribution is -0.134. The normalized spacial score (nSPS) is 12.4. The lowest BCUT2D eigenvalue weighted by atomic mass is 10.0. The summed E-state index contributed by atoms with van der Waals surface area (Å²) < 4.78 is 13.3. The van der Waals surface area contributed by atoms with Crippen molar-refractivity contribution in [2.75, 3.05) is 0 Å². The molecule has 1 N–H and O–H groups in total. The van der Waals surface area contributed by atoms with Crippen molar-refractivity contribution >= 4 is 22.3 Å². The van der Waals surface area contributed by atoms with Gasteiger partial charge in [0.05, 0.1) is 0 Å². The summed E-state index contributed by atoms with van der Waals surface area (Å²) in [6.45, 7) is 1.45. The molecule has 2 rings (SSSR count). The van der Waals surface area contributed by atoms with Gasteiger partial charge < -0.3 is 5.11 Å². The number of aliphatic carboxylic acids is 1. The van der Waals surface area contributed by atoms with Gasteiger partial charge in [-0.15, -0.1) is 0 Å². The van der Waals surface area contributed by atoms with Crippen LogP contribution in [0.2, 0.25) is 0 Å². The molecule has 0 spiro atoms. The highest BCUT2D eigenvalue weighted by Gasteiger charge is 2.11. The zero-order valence-electron chi connectivity index (χ0n) is 9.14. The van der Waals surface area contributed by atoms with E-state index in [1.54, 1.807) is 24.5 Å². The summed E-state index contributed by atoms with van der Waals surface area (Å²) in [5, 5.41) is 10.4. The smallest absolute Gasteiger partial charge is 0.365 e. The number of hydrogen-bond donors (Lipinski definition) is 1. The van der Waals surface area contributed by atoms with Gasteiger partial charge in [0.2, 0.25) is 5.83 Å². The first-order valence-electron chi connectivity index (χ1n) is 5.03. The fraction of sp³-hybridized carbons (Fsp3) is 0.0769. The minimum absolute atomic E-state index is 0.114. The summed E-state index contributed by atoms with van der Waals surface area (Å²) in [4.78, 5) is 14.5. The number of hydrogen-bond acceptors (Lipinski definition) is 2. The molecule has 0 unspecified atom stereocenters. The third-order valence-electron chi connectivity index (χ3n) is 2.59. The number of halogens is 1. The Morgan fingerprint density at radius 1 is 1.29 bits per heavy atom. The second-order valence-electron chi connectivity index (χ2n) is 3.68. The van der Waals surface area contributed by atoms with Crippen molar-refractivity contribution in [2.45, 2.75) is 6.92 Å². The van der Waals surface area contributed by atoms with Crippen molar-refractivity contribution < 1.29 is 14.3 Å². The Morgan fingerprint density at radius 3 is 2.76 bits per heavy atom. The summed E-state index contributed by atoms with van der Waals surface area (Å²) >= 11 is 0. The van der Waals surface area contributed by atoms with E-state index in [1.165, 1.54) is 6.92 Å². The first-order valence-corrected chi connectivity index (χ1v) is 5.03. The van der Waals surface area contributed by atoms with Crippen LogP contribution >= 0.6 is 0 Å². The van der Waals surface area contributed by atoms with Gasteiger partial charge in [0.15, 0.2) is 0 Å². The summed E-state index contributed by atoms with van der Waals surface area (Å²) in [5.74, 6) is -2.68. The molecule has 0 aliphatic rings. The lowest BCUT2D eigenvalue weighted by Gasteiger charge is -2.04. The first-order chi connectivity index (χ1) is 8.09. The first kappa shape index (κ1) is 11.3. The lowest BCUT2D eigenvalue weighted by Crippen LogP contribution is -1.97. The van der Waals surface area contributed by atoms with E-state index in [9.17, 15) is 9.18 Å². The van der Waals surface area contributed by atoms with Crippen LogP contribution in [0.5, 0.6) is 0 Å². The Hall–Kier alpha value is -2.23. The van der Waals surface area contributed by atoms with Gasteiger partial charge in [-0.3, -0.25) is 4.98 Å². The maximum Gasteiger partial charge on any atom is 0.365 e. The predicted molar refractivity (Wildman–Crippen MR) is 63.1 cm³/mol. The fourth-order valence-electron chi connectivity index (χ4n) is 1.61. The third-order valence-corrected chi connectivity index (χ3v) is 2.59. The quantitative estimate of drug-likeness (QED) is 0.808. The molecule has 0 amide bonds. The zero-order valence-corrected chi connectivity index (χ0v) is 9.14. The maximum absolute atomic E-state index is 13.3. The minimum atomic E-state index is -1.55. The minimum Gasteiger partial charge on any atom is -0.476 e. The standard InChI is InChI=1S/C13H10FNO2/c1-8(12(14)13(16)17)10-3-2-9-4-5-15-7-11(9)6-10/h2-7H,1H3,(H,16,17). The Kier molecular flexibility index (Phi) is 2.87. The highest BCUT2D eigenvalue weighted by molar-refractivity contribution is 5.95. The van der Waals surface area contributed by atoms with Crippen molar-refractivity contribution in [3.8, 4) is 0 Å². The number of nitrogens with zero attached hydrogens (tertiary/aromatic N) is 1. The van der Waals surface area contributed by atoms with Crippen LogP contribution < -0.4 is 0 Å². The molecule has 1 aromatic carbocycles. The number of benzene rings is 1. The highest BCUT2D eigenvalue weighted by atomic mass is 19.1. The molecule has 3 nitrogen and oxygen atoms in total. The summed E-state index contributed by atoms with van der Waals surface area (Å²) in [7, 11) is 0. The average molecular weight is 231 g/mol. The average Bonchev–Trinajstić information content (AvgIpc) is 2.36. The third kappa shape index (κ3) is 2.15. The Bertz CT molecular complexity index is 620. The molecular formula is C13H10FNO2. The van der Waals surface area contributed by atoms with Crippen LogP contribution in [0, 0.1) is 0 Å². The highest BCUT2D eigenvalue weighted by Crippen LogP contribution is 2.23.